The maximum Gasteiger partial charge on any atom is 0.0347 e. The zero-order chi connectivity index (χ0) is 11.3. The van der Waals surface area contributed by atoms with Crippen molar-refractivity contribution >= 4 is 0 Å². The van der Waals surface area contributed by atoms with E-state index in [2.05, 4.69) is 44.1 Å². The smallest absolute Gasteiger partial charge is 0.0347 e. The van der Waals surface area contributed by atoms with Crippen molar-refractivity contribution < 1.29 is 0 Å². The fourth-order valence-electron chi connectivity index (χ4n) is 1.84. The highest BCUT2D eigenvalue weighted by atomic mass is 14.9. The third-order valence-electron chi connectivity index (χ3n) is 2.68. The predicted molar refractivity (Wildman–Crippen MR) is 64.8 cm³/mol. The SMILES string of the molecule is CCCNC(c1ccncc1C)C(C)C. The predicted octanol–water partition coefficient (Wildman–Crippen LogP) is 3.09. The Balaban J connectivity index is 2.84. The van der Waals surface area contributed by atoms with Crippen LogP contribution in [0.25, 0.3) is 0 Å². The number of nitrogens with one attached hydrogen (secondary N) is 1. The van der Waals surface area contributed by atoms with Gasteiger partial charge in [-0.2, -0.15) is 0 Å². The third kappa shape index (κ3) is 3.31. The van der Waals surface area contributed by atoms with Crippen LogP contribution in [-0.4, -0.2) is 11.5 Å². The zero-order valence-electron chi connectivity index (χ0n) is 10.2. The first-order valence-corrected chi connectivity index (χ1v) is 5.80. The summed E-state index contributed by atoms with van der Waals surface area (Å²) in [5, 5.41) is 3.60. The standard InChI is InChI=1S/C13H22N2/c1-5-7-15-13(10(2)3)12-6-8-14-9-11(12)4/h6,8-10,13,15H,5,7H2,1-4H3. The molecule has 84 valence electrons. The summed E-state index contributed by atoms with van der Waals surface area (Å²) >= 11 is 0. The maximum absolute atomic E-state index is 4.14. The van der Waals surface area contributed by atoms with Crippen LogP contribution in [-0.2, 0) is 0 Å². The Labute approximate surface area is 93.1 Å². The van der Waals surface area contributed by atoms with Gasteiger partial charge in [0.25, 0.3) is 0 Å². The average Bonchev–Trinajstić information content (AvgIpc) is 2.20. The van der Waals surface area contributed by atoms with E-state index in [-0.39, 0.29) is 0 Å². The Hall–Kier alpha value is -0.890. The molecule has 0 aliphatic heterocycles. The molecule has 0 aliphatic carbocycles. The zero-order valence-corrected chi connectivity index (χ0v) is 10.2. The summed E-state index contributed by atoms with van der Waals surface area (Å²) in [6.45, 7) is 9.92. The molecule has 2 nitrogen and oxygen atoms in total. The van der Waals surface area contributed by atoms with Gasteiger partial charge in [0.15, 0.2) is 0 Å². The summed E-state index contributed by atoms with van der Waals surface area (Å²) in [6.07, 6.45) is 5.00. The molecule has 0 saturated carbocycles. The quantitative estimate of drug-likeness (QED) is 0.800. The molecule has 1 heterocycles. The molecular weight excluding hydrogens is 184 g/mol. The first-order chi connectivity index (χ1) is 7.16. The second-order valence-corrected chi connectivity index (χ2v) is 4.41. The van der Waals surface area contributed by atoms with Gasteiger partial charge in [0.05, 0.1) is 0 Å². The Kier molecular flexibility index (Phi) is 4.76. The van der Waals surface area contributed by atoms with Crippen LogP contribution >= 0.6 is 0 Å². The van der Waals surface area contributed by atoms with Crippen molar-refractivity contribution in [3.63, 3.8) is 0 Å². The number of hydrogen-bond acceptors (Lipinski definition) is 2. The van der Waals surface area contributed by atoms with E-state index in [1.54, 1.807) is 0 Å². The molecule has 0 radical (unpaired) electrons. The van der Waals surface area contributed by atoms with Crippen molar-refractivity contribution in [2.45, 2.75) is 40.2 Å². The van der Waals surface area contributed by atoms with Crippen LogP contribution in [0.4, 0.5) is 0 Å². The minimum absolute atomic E-state index is 0.452. The van der Waals surface area contributed by atoms with Gasteiger partial charge in [0.2, 0.25) is 0 Å². The average molecular weight is 206 g/mol. The first kappa shape index (κ1) is 12.2. The number of nitrogens with zero attached hydrogens (tertiary/aromatic N) is 1. The normalized spacial score (nSPS) is 13.1. The van der Waals surface area contributed by atoms with E-state index < -0.39 is 0 Å². The number of aromatic nitrogens is 1. The number of rotatable bonds is 5. The highest BCUT2D eigenvalue weighted by Gasteiger charge is 2.16. The van der Waals surface area contributed by atoms with Crippen molar-refractivity contribution in [1.82, 2.24) is 10.3 Å². The van der Waals surface area contributed by atoms with E-state index in [9.17, 15) is 0 Å². The molecule has 1 atom stereocenters. The van der Waals surface area contributed by atoms with Gasteiger partial charge in [-0.1, -0.05) is 20.8 Å². The van der Waals surface area contributed by atoms with Crippen LogP contribution in [0.2, 0.25) is 0 Å². The van der Waals surface area contributed by atoms with E-state index in [0.717, 1.165) is 6.54 Å². The Morgan fingerprint density at radius 1 is 1.40 bits per heavy atom. The van der Waals surface area contributed by atoms with Crippen molar-refractivity contribution in [2.24, 2.45) is 5.92 Å². The van der Waals surface area contributed by atoms with E-state index in [1.165, 1.54) is 17.5 Å². The third-order valence-corrected chi connectivity index (χ3v) is 2.68. The van der Waals surface area contributed by atoms with Crippen LogP contribution in [0.3, 0.4) is 0 Å². The largest absolute Gasteiger partial charge is 0.310 e. The topological polar surface area (TPSA) is 24.9 Å². The van der Waals surface area contributed by atoms with Gasteiger partial charge < -0.3 is 5.32 Å². The molecule has 1 N–H and O–H groups in total. The Morgan fingerprint density at radius 2 is 2.13 bits per heavy atom. The van der Waals surface area contributed by atoms with Crippen LogP contribution in [0.5, 0.6) is 0 Å². The number of hydrogen-bond donors (Lipinski definition) is 1. The van der Waals surface area contributed by atoms with E-state index in [1.807, 2.05) is 12.4 Å². The fraction of sp³-hybridized carbons (Fsp3) is 0.615. The Morgan fingerprint density at radius 3 is 2.67 bits per heavy atom. The molecule has 0 aliphatic rings. The molecule has 0 spiro atoms. The van der Waals surface area contributed by atoms with Crippen molar-refractivity contribution in [3.8, 4) is 0 Å². The van der Waals surface area contributed by atoms with Gasteiger partial charge in [-0.05, 0) is 43.0 Å². The molecule has 0 saturated heterocycles. The molecular formula is C13H22N2. The van der Waals surface area contributed by atoms with Crippen molar-refractivity contribution in [3.05, 3.63) is 29.6 Å². The van der Waals surface area contributed by atoms with Gasteiger partial charge in [-0.25, -0.2) is 0 Å². The van der Waals surface area contributed by atoms with Crippen molar-refractivity contribution in [1.29, 1.82) is 0 Å². The van der Waals surface area contributed by atoms with Gasteiger partial charge in [0.1, 0.15) is 0 Å². The molecule has 1 aromatic heterocycles. The van der Waals surface area contributed by atoms with Crippen LogP contribution in [0.1, 0.15) is 44.4 Å². The molecule has 1 rings (SSSR count). The van der Waals surface area contributed by atoms with Crippen LogP contribution < -0.4 is 5.32 Å². The summed E-state index contributed by atoms with van der Waals surface area (Å²) in [5.41, 5.74) is 2.66. The molecule has 0 aromatic carbocycles. The van der Waals surface area contributed by atoms with E-state index in [0.29, 0.717) is 12.0 Å². The highest BCUT2D eigenvalue weighted by molar-refractivity contribution is 5.25. The van der Waals surface area contributed by atoms with Gasteiger partial charge >= 0.3 is 0 Å². The fourth-order valence-corrected chi connectivity index (χ4v) is 1.84. The van der Waals surface area contributed by atoms with E-state index in [4.69, 9.17) is 0 Å². The minimum Gasteiger partial charge on any atom is -0.310 e. The molecule has 15 heavy (non-hydrogen) atoms. The monoisotopic (exact) mass is 206 g/mol. The lowest BCUT2D eigenvalue weighted by molar-refractivity contribution is 0.411. The van der Waals surface area contributed by atoms with Crippen LogP contribution in [0, 0.1) is 12.8 Å². The summed E-state index contributed by atoms with van der Waals surface area (Å²) < 4.78 is 0. The van der Waals surface area contributed by atoms with Gasteiger partial charge in [0, 0.05) is 18.4 Å². The second-order valence-electron chi connectivity index (χ2n) is 4.41. The van der Waals surface area contributed by atoms with Crippen molar-refractivity contribution in [2.75, 3.05) is 6.54 Å². The lowest BCUT2D eigenvalue weighted by atomic mass is 9.94. The maximum atomic E-state index is 4.14. The number of pyridine rings is 1. The molecule has 0 bridgehead atoms. The highest BCUT2D eigenvalue weighted by Crippen LogP contribution is 2.23. The second kappa shape index (κ2) is 5.86. The molecule has 0 fully saturated rings. The minimum atomic E-state index is 0.452. The summed E-state index contributed by atoms with van der Waals surface area (Å²) in [7, 11) is 0. The van der Waals surface area contributed by atoms with E-state index >= 15 is 0 Å². The first-order valence-electron chi connectivity index (χ1n) is 5.80. The van der Waals surface area contributed by atoms with Gasteiger partial charge in [-0.15, -0.1) is 0 Å². The molecule has 2 heteroatoms. The molecule has 1 aromatic rings. The summed E-state index contributed by atoms with van der Waals surface area (Å²) in [5.74, 6) is 0.609. The lowest BCUT2D eigenvalue weighted by Gasteiger charge is -2.24. The molecule has 1 unspecified atom stereocenters. The Bertz CT molecular complexity index is 294. The van der Waals surface area contributed by atoms with Gasteiger partial charge in [-0.3, -0.25) is 4.98 Å². The van der Waals surface area contributed by atoms with Crippen LogP contribution in [0.15, 0.2) is 18.5 Å². The summed E-state index contributed by atoms with van der Waals surface area (Å²) in [4.78, 5) is 4.14. The summed E-state index contributed by atoms with van der Waals surface area (Å²) in [6, 6.07) is 2.58. The molecule has 0 amide bonds. The lowest BCUT2D eigenvalue weighted by Crippen LogP contribution is -2.27. The number of aryl methyl sites for hydroxylation is 1.